The third-order valence-corrected chi connectivity index (χ3v) is 3.67. The van der Waals surface area contributed by atoms with Gasteiger partial charge in [0.05, 0.1) is 5.39 Å². The van der Waals surface area contributed by atoms with Crippen molar-refractivity contribution in [1.82, 2.24) is 10.6 Å². The van der Waals surface area contributed by atoms with Gasteiger partial charge in [0, 0.05) is 18.2 Å². The normalized spacial score (nSPS) is 15.9. The molecule has 5 nitrogen and oxygen atoms in total. The number of nitrogens with one attached hydrogen (secondary N) is 2. The quantitative estimate of drug-likeness (QED) is 0.883. The Morgan fingerprint density at radius 3 is 2.59 bits per heavy atom. The Morgan fingerprint density at radius 1 is 1.18 bits per heavy atom. The Labute approximate surface area is 124 Å². The van der Waals surface area contributed by atoms with Crippen molar-refractivity contribution in [2.45, 2.75) is 18.9 Å². The molecule has 0 atom stereocenters. The van der Waals surface area contributed by atoms with E-state index in [0.29, 0.717) is 0 Å². The molecule has 7 heteroatoms. The molecule has 2 N–H and O–H groups in total. The van der Waals surface area contributed by atoms with Gasteiger partial charge in [-0.25, -0.2) is 8.78 Å². The van der Waals surface area contributed by atoms with Gasteiger partial charge >= 0.3 is 0 Å². The maximum absolute atomic E-state index is 13.2. The van der Waals surface area contributed by atoms with Crippen molar-refractivity contribution >= 4 is 16.9 Å². The van der Waals surface area contributed by atoms with Crippen LogP contribution in [0.15, 0.2) is 27.4 Å². The minimum Gasteiger partial charge on any atom is -0.451 e. The van der Waals surface area contributed by atoms with Crippen LogP contribution in [0.5, 0.6) is 0 Å². The Hall–Kier alpha value is -2.28. The van der Waals surface area contributed by atoms with Crippen LogP contribution in [0.1, 0.15) is 23.4 Å². The van der Waals surface area contributed by atoms with Crippen molar-refractivity contribution in [3.8, 4) is 0 Å². The van der Waals surface area contributed by atoms with Crippen molar-refractivity contribution < 1.29 is 18.0 Å². The highest BCUT2D eigenvalue weighted by Crippen LogP contribution is 2.17. The number of amides is 1. The highest BCUT2D eigenvalue weighted by atomic mass is 19.2. The molecular weight excluding hydrogens is 294 g/mol. The smallest absolute Gasteiger partial charge is 0.287 e. The molecule has 3 rings (SSSR count). The minimum atomic E-state index is -1.13. The average molecular weight is 308 g/mol. The summed E-state index contributed by atoms with van der Waals surface area (Å²) >= 11 is 0. The van der Waals surface area contributed by atoms with Crippen LogP contribution in [0.25, 0.3) is 11.0 Å². The lowest BCUT2D eigenvalue weighted by atomic mass is 10.1. The van der Waals surface area contributed by atoms with Crippen LogP contribution in [0.4, 0.5) is 8.78 Å². The van der Waals surface area contributed by atoms with Crippen LogP contribution >= 0.6 is 0 Å². The number of piperidine rings is 1. The second-order valence-corrected chi connectivity index (χ2v) is 5.24. The van der Waals surface area contributed by atoms with Gasteiger partial charge in [0.25, 0.3) is 5.91 Å². The zero-order chi connectivity index (χ0) is 15.7. The molecule has 0 saturated carbocycles. The summed E-state index contributed by atoms with van der Waals surface area (Å²) in [7, 11) is 0. The molecule has 22 heavy (non-hydrogen) atoms. The summed E-state index contributed by atoms with van der Waals surface area (Å²) in [6.07, 6.45) is 1.56. The molecule has 1 saturated heterocycles. The fourth-order valence-corrected chi connectivity index (χ4v) is 2.49. The second kappa shape index (κ2) is 5.84. The Kier molecular flexibility index (Phi) is 3.89. The molecule has 1 aliphatic rings. The number of carbonyl (C=O) groups is 1. The fourth-order valence-electron chi connectivity index (χ4n) is 2.49. The summed E-state index contributed by atoms with van der Waals surface area (Å²) in [6, 6.07) is 2.54. The molecule has 0 unspecified atom stereocenters. The molecule has 0 spiro atoms. The van der Waals surface area contributed by atoms with Gasteiger partial charge in [-0.1, -0.05) is 0 Å². The van der Waals surface area contributed by atoms with Gasteiger partial charge in [-0.3, -0.25) is 9.59 Å². The first-order valence-corrected chi connectivity index (χ1v) is 6.99. The predicted octanol–water partition coefficient (Wildman–Crippen LogP) is 1.55. The number of hydrogen-bond donors (Lipinski definition) is 2. The fraction of sp³-hybridized carbons (Fsp3) is 0.333. The predicted molar refractivity (Wildman–Crippen MR) is 75.8 cm³/mol. The monoisotopic (exact) mass is 308 g/mol. The molecule has 0 radical (unpaired) electrons. The summed E-state index contributed by atoms with van der Waals surface area (Å²) in [4.78, 5) is 24.0. The van der Waals surface area contributed by atoms with Crippen molar-refractivity contribution in [3.63, 3.8) is 0 Å². The van der Waals surface area contributed by atoms with Crippen LogP contribution in [-0.2, 0) is 0 Å². The molecule has 116 valence electrons. The van der Waals surface area contributed by atoms with Crippen LogP contribution in [0.3, 0.4) is 0 Å². The first-order valence-electron chi connectivity index (χ1n) is 6.99. The van der Waals surface area contributed by atoms with E-state index in [1.807, 2.05) is 0 Å². The number of halogens is 2. The lowest BCUT2D eigenvalue weighted by Crippen LogP contribution is -2.42. The van der Waals surface area contributed by atoms with E-state index in [0.717, 1.165) is 44.1 Å². The molecule has 0 aliphatic carbocycles. The van der Waals surface area contributed by atoms with Gasteiger partial charge in [-0.2, -0.15) is 0 Å². The van der Waals surface area contributed by atoms with E-state index >= 15 is 0 Å². The molecule has 1 aromatic heterocycles. The molecule has 0 bridgehead atoms. The number of fused-ring (bicyclic) bond motifs is 1. The number of rotatable bonds is 2. The van der Waals surface area contributed by atoms with Gasteiger partial charge in [0.1, 0.15) is 5.58 Å². The first-order chi connectivity index (χ1) is 10.5. The highest BCUT2D eigenvalue weighted by Gasteiger charge is 2.19. The van der Waals surface area contributed by atoms with E-state index in [2.05, 4.69) is 10.6 Å². The standard InChI is InChI=1S/C15H14F2N2O3/c16-10-5-9-12(20)7-14(22-13(9)6-11(10)17)15(21)19-8-1-3-18-4-2-8/h5-8,18H,1-4H2,(H,19,21). The summed E-state index contributed by atoms with van der Waals surface area (Å²) < 4.78 is 31.6. The number of hydrogen-bond acceptors (Lipinski definition) is 4. The van der Waals surface area contributed by atoms with Gasteiger partial charge in [0.15, 0.2) is 22.8 Å². The molecule has 2 aromatic rings. The van der Waals surface area contributed by atoms with E-state index < -0.39 is 23.0 Å². The van der Waals surface area contributed by atoms with Gasteiger partial charge in [-0.15, -0.1) is 0 Å². The first kappa shape index (κ1) is 14.6. The van der Waals surface area contributed by atoms with Crippen LogP contribution < -0.4 is 16.1 Å². The highest BCUT2D eigenvalue weighted by molar-refractivity contribution is 5.93. The molecule has 1 amide bonds. The minimum absolute atomic E-state index is 0.000275. The maximum atomic E-state index is 13.2. The van der Waals surface area contributed by atoms with Crippen LogP contribution in [-0.4, -0.2) is 25.0 Å². The topological polar surface area (TPSA) is 71.3 Å². The van der Waals surface area contributed by atoms with Gasteiger partial charge in [0.2, 0.25) is 0 Å². The average Bonchev–Trinajstić information content (AvgIpc) is 2.50. The third kappa shape index (κ3) is 2.85. The van der Waals surface area contributed by atoms with Crippen molar-refractivity contribution in [1.29, 1.82) is 0 Å². The van der Waals surface area contributed by atoms with E-state index in [-0.39, 0.29) is 22.8 Å². The van der Waals surface area contributed by atoms with E-state index in [1.54, 1.807) is 0 Å². The zero-order valence-electron chi connectivity index (χ0n) is 11.6. The third-order valence-electron chi connectivity index (χ3n) is 3.67. The van der Waals surface area contributed by atoms with Crippen molar-refractivity contribution in [2.75, 3.05) is 13.1 Å². The molecule has 1 aromatic carbocycles. The number of benzene rings is 1. The van der Waals surface area contributed by atoms with Gasteiger partial charge < -0.3 is 15.1 Å². The molecule has 2 heterocycles. The molecule has 1 aliphatic heterocycles. The van der Waals surface area contributed by atoms with E-state index in [4.69, 9.17) is 4.42 Å². The summed E-state index contributed by atoms with van der Waals surface area (Å²) in [6.45, 7) is 1.61. The van der Waals surface area contributed by atoms with E-state index in [9.17, 15) is 18.4 Å². The second-order valence-electron chi connectivity index (χ2n) is 5.24. The largest absolute Gasteiger partial charge is 0.451 e. The summed E-state index contributed by atoms with van der Waals surface area (Å²) in [5.74, 6) is -3.00. The maximum Gasteiger partial charge on any atom is 0.287 e. The van der Waals surface area contributed by atoms with E-state index in [1.165, 1.54) is 0 Å². The van der Waals surface area contributed by atoms with Crippen molar-refractivity contribution in [3.05, 3.63) is 45.8 Å². The number of carbonyl (C=O) groups excluding carboxylic acids is 1. The van der Waals surface area contributed by atoms with Crippen molar-refractivity contribution in [2.24, 2.45) is 0 Å². The summed E-state index contributed by atoms with van der Waals surface area (Å²) in [5, 5.41) is 5.84. The Morgan fingerprint density at radius 2 is 1.86 bits per heavy atom. The molecule has 1 fully saturated rings. The Balaban J connectivity index is 1.92. The SMILES string of the molecule is O=C(NC1CCNCC1)c1cc(=O)c2cc(F)c(F)cc2o1. The van der Waals surface area contributed by atoms with Crippen LogP contribution in [0, 0.1) is 11.6 Å². The summed E-state index contributed by atoms with van der Waals surface area (Å²) in [5.41, 5.74) is -0.738. The van der Waals surface area contributed by atoms with Crippen LogP contribution in [0.2, 0.25) is 0 Å². The Bertz CT molecular complexity index is 782. The lowest BCUT2D eigenvalue weighted by molar-refractivity contribution is 0.0902. The lowest BCUT2D eigenvalue weighted by Gasteiger charge is -2.23. The zero-order valence-corrected chi connectivity index (χ0v) is 11.6. The van der Waals surface area contributed by atoms with Gasteiger partial charge in [-0.05, 0) is 32.0 Å². The molecular formula is C15H14F2N2O3.